The number of nitrogens with one attached hydrogen (secondary N) is 1. The topological polar surface area (TPSA) is 50.7 Å². The van der Waals surface area contributed by atoms with Gasteiger partial charge in [-0.15, -0.1) is 0 Å². The monoisotopic (exact) mass is 332 g/mol. The average Bonchev–Trinajstić information content (AvgIpc) is 2.66. The normalized spacial score (nSPS) is 10.9. The number of benzene rings is 3. The zero-order chi connectivity index (χ0) is 17.5. The molecule has 3 rings (SSSR count). The van der Waals surface area contributed by atoms with Crippen LogP contribution in [0.1, 0.15) is 29.3 Å². The second-order valence-electron chi connectivity index (χ2n) is 5.61. The second-order valence-corrected chi connectivity index (χ2v) is 5.61. The predicted molar refractivity (Wildman–Crippen MR) is 101 cm³/mol. The number of hydrogen-bond donors (Lipinski definition) is 1. The van der Waals surface area contributed by atoms with Gasteiger partial charge in [-0.3, -0.25) is 4.79 Å². The SMILES string of the molecule is CCCOc1ccccc1/C=N\NC(=O)c1cccc2ccccc12. The smallest absolute Gasteiger partial charge is 0.271 e. The van der Waals surface area contributed by atoms with Crippen molar-refractivity contribution >= 4 is 22.9 Å². The van der Waals surface area contributed by atoms with E-state index in [4.69, 9.17) is 4.74 Å². The number of hydrogen-bond acceptors (Lipinski definition) is 3. The van der Waals surface area contributed by atoms with Crippen LogP contribution >= 0.6 is 0 Å². The van der Waals surface area contributed by atoms with Gasteiger partial charge < -0.3 is 4.74 Å². The number of rotatable bonds is 6. The van der Waals surface area contributed by atoms with Crippen LogP contribution in [0.2, 0.25) is 0 Å². The third kappa shape index (κ3) is 4.04. The molecular weight excluding hydrogens is 312 g/mol. The van der Waals surface area contributed by atoms with Gasteiger partial charge in [0.25, 0.3) is 5.91 Å². The number of hydrazone groups is 1. The summed E-state index contributed by atoms with van der Waals surface area (Å²) in [6.07, 6.45) is 2.54. The van der Waals surface area contributed by atoms with Crippen molar-refractivity contribution < 1.29 is 9.53 Å². The first-order valence-corrected chi connectivity index (χ1v) is 8.32. The van der Waals surface area contributed by atoms with E-state index in [2.05, 4.69) is 17.5 Å². The molecule has 3 aromatic rings. The Balaban J connectivity index is 1.75. The number of amides is 1. The third-order valence-corrected chi connectivity index (χ3v) is 3.78. The fourth-order valence-electron chi connectivity index (χ4n) is 2.57. The summed E-state index contributed by atoms with van der Waals surface area (Å²) >= 11 is 0. The summed E-state index contributed by atoms with van der Waals surface area (Å²) in [5.41, 5.74) is 4.03. The molecule has 0 spiro atoms. The molecule has 0 unspecified atom stereocenters. The Bertz CT molecular complexity index is 898. The number of nitrogens with zero attached hydrogens (tertiary/aromatic N) is 1. The van der Waals surface area contributed by atoms with Crippen molar-refractivity contribution in [1.29, 1.82) is 0 Å². The number of carbonyl (C=O) groups is 1. The van der Waals surface area contributed by atoms with Crippen LogP contribution in [0.5, 0.6) is 5.75 Å². The van der Waals surface area contributed by atoms with Gasteiger partial charge in [-0.1, -0.05) is 55.5 Å². The Labute approximate surface area is 147 Å². The van der Waals surface area contributed by atoms with E-state index >= 15 is 0 Å². The molecule has 3 aromatic carbocycles. The van der Waals surface area contributed by atoms with Crippen molar-refractivity contribution in [1.82, 2.24) is 5.43 Å². The molecule has 0 heterocycles. The van der Waals surface area contributed by atoms with E-state index in [9.17, 15) is 4.79 Å². The molecule has 0 aliphatic carbocycles. The molecule has 0 atom stereocenters. The van der Waals surface area contributed by atoms with Crippen molar-refractivity contribution in [3.63, 3.8) is 0 Å². The largest absolute Gasteiger partial charge is 0.493 e. The summed E-state index contributed by atoms with van der Waals surface area (Å²) in [4.78, 5) is 12.4. The van der Waals surface area contributed by atoms with E-state index in [1.807, 2.05) is 60.7 Å². The number of fused-ring (bicyclic) bond motifs is 1. The van der Waals surface area contributed by atoms with Gasteiger partial charge in [-0.05, 0) is 35.4 Å². The Morgan fingerprint density at radius 3 is 2.68 bits per heavy atom. The lowest BCUT2D eigenvalue weighted by molar-refractivity contribution is 0.0957. The molecule has 0 fully saturated rings. The fourth-order valence-corrected chi connectivity index (χ4v) is 2.57. The molecule has 0 saturated carbocycles. The van der Waals surface area contributed by atoms with Crippen LogP contribution in [0, 0.1) is 0 Å². The third-order valence-electron chi connectivity index (χ3n) is 3.78. The van der Waals surface area contributed by atoms with Gasteiger partial charge in [-0.25, -0.2) is 5.43 Å². The fraction of sp³-hybridized carbons (Fsp3) is 0.143. The maximum absolute atomic E-state index is 12.4. The van der Waals surface area contributed by atoms with Gasteiger partial charge in [0, 0.05) is 11.1 Å². The van der Waals surface area contributed by atoms with E-state index in [0.717, 1.165) is 28.5 Å². The molecular formula is C21H20N2O2. The average molecular weight is 332 g/mol. The van der Waals surface area contributed by atoms with Crippen LogP contribution in [0.15, 0.2) is 71.8 Å². The zero-order valence-corrected chi connectivity index (χ0v) is 14.1. The van der Waals surface area contributed by atoms with Crippen LogP contribution in [-0.2, 0) is 0 Å². The Morgan fingerprint density at radius 1 is 1.04 bits per heavy atom. The van der Waals surface area contributed by atoms with E-state index in [1.54, 1.807) is 12.3 Å². The van der Waals surface area contributed by atoms with Gasteiger partial charge in [0.1, 0.15) is 5.75 Å². The van der Waals surface area contributed by atoms with Crippen molar-refractivity contribution in [2.24, 2.45) is 5.10 Å². The Morgan fingerprint density at radius 2 is 1.80 bits per heavy atom. The van der Waals surface area contributed by atoms with Crippen LogP contribution < -0.4 is 10.2 Å². The molecule has 0 aliphatic heterocycles. The lowest BCUT2D eigenvalue weighted by Crippen LogP contribution is -2.18. The van der Waals surface area contributed by atoms with Crippen LogP contribution in [0.3, 0.4) is 0 Å². The highest BCUT2D eigenvalue weighted by molar-refractivity contribution is 6.07. The highest BCUT2D eigenvalue weighted by Gasteiger charge is 2.08. The highest BCUT2D eigenvalue weighted by Crippen LogP contribution is 2.18. The van der Waals surface area contributed by atoms with Crippen LogP contribution in [0.4, 0.5) is 0 Å². The minimum Gasteiger partial charge on any atom is -0.493 e. The van der Waals surface area contributed by atoms with Crippen molar-refractivity contribution in [2.45, 2.75) is 13.3 Å². The predicted octanol–water partition coefficient (Wildman–Crippen LogP) is 4.39. The van der Waals surface area contributed by atoms with Crippen molar-refractivity contribution in [3.05, 3.63) is 77.9 Å². The first-order valence-electron chi connectivity index (χ1n) is 8.32. The van der Waals surface area contributed by atoms with Crippen molar-refractivity contribution in [3.8, 4) is 5.75 Å². The molecule has 1 N–H and O–H groups in total. The molecule has 25 heavy (non-hydrogen) atoms. The molecule has 126 valence electrons. The van der Waals surface area contributed by atoms with Gasteiger partial charge in [0.15, 0.2) is 0 Å². The minimum absolute atomic E-state index is 0.236. The minimum atomic E-state index is -0.236. The van der Waals surface area contributed by atoms with Gasteiger partial charge in [0.2, 0.25) is 0 Å². The molecule has 4 heteroatoms. The first kappa shape index (κ1) is 16.7. The summed E-state index contributed by atoms with van der Waals surface area (Å²) in [6.45, 7) is 2.70. The van der Waals surface area contributed by atoms with Crippen molar-refractivity contribution in [2.75, 3.05) is 6.61 Å². The molecule has 1 amide bonds. The van der Waals surface area contributed by atoms with Crippen LogP contribution in [0.25, 0.3) is 10.8 Å². The van der Waals surface area contributed by atoms with Gasteiger partial charge in [0.05, 0.1) is 12.8 Å². The Hall–Kier alpha value is -3.14. The molecule has 0 saturated heterocycles. The maximum atomic E-state index is 12.4. The van der Waals surface area contributed by atoms with E-state index in [0.29, 0.717) is 12.2 Å². The summed E-state index contributed by atoms with van der Waals surface area (Å²) < 4.78 is 5.68. The molecule has 0 radical (unpaired) electrons. The molecule has 0 bridgehead atoms. The molecule has 0 aromatic heterocycles. The van der Waals surface area contributed by atoms with Gasteiger partial charge in [-0.2, -0.15) is 5.10 Å². The zero-order valence-electron chi connectivity index (χ0n) is 14.1. The summed E-state index contributed by atoms with van der Waals surface area (Å²) in [5.74, 6) is 0.521. The van der Waals surface area contributed by atoms with E-state index < -0.39 is 0 Å². The summed E-state index contributed by atoms with van der Waals surface area (Å²) in [5, 5.41) is 6.02. The number of para-hydroxylation sites is 1. The standard InChI is InChI=1S/C21H20N2O2/c1-2-14-25-20-13-6-4-9-17(20)15-22-23-21(24)19-12-7-10-16-8-3-5-11-18(16)19/h3-13,15H,2,14H2,1H3,(H,23,24)/b22-15-. The highest BCUT2D eigenvalue weighted by atomic mass is 16.5. The van der Waals surface area contributed by atoms with E-state index in [-0.39, 0.29) is 5.91 Å². The molecule has 0 aliphatic rings. The number of ether oxygens (including phenoxy) is 1. The summed E-state index contributed by atoms with van der Waals surface area (Å²) in [6, 6.07) is 21.1. The number of carbonyl (C=O) groups excluding carboxylic acids is 1. The second kappa shape index (κ2) is 8.11. The maximum Gasteiger partial charge on any atom is 0.271 e. The van der Waals surface area contributed by atoms with E-state index in [1.165, 1.54) is 0 Å². The lowest BCUT2D eigenvalue weighted by atomic mass is 10.0. The summed E-state index contributed by atoms with van der Waals surface area (Å²) in [7, 11) is 0. The quantitative estimate of drug-likeness (QED) is 0.537. The van der Waals surface area contributed by atoms with Gasteiger partial charge >= 0.3 is 0 Å². The lowest BCUT2D eigenvalue weighted by Gasteiger charge is -2.07. The Kier molecular flexibility index (Phi) is 5.42. The first-order chi connectivity index (χ1) is 12.3. The van der Waals surface area contributed by atoms with Crippen LogP contribution in [-0.4, -0.2) is 18.7 Å². The molecule has 4 nitrogen and oxygen atoms in total.